The lowest BCUT2D eigenvalue weighted by molar-refractivity contribution is -0.136. The molecule has 132 valence electrons. The lowest BCUT2D eigenvalue weighted by Crippen LogP contribution is -2.52. The molecule has 7 nitrogen and oxygen atoms in total. The van der Waals surface area contributed by atoms with E-state index in [0.29, 0.717) is 36.3 Å². The lowest BCUT2D eigenvalue weighted by atomic mass is 10.0. The second kappa shape index (κ2) is 6.11. The maximum Gasteiger partial charge on any atom is 0.255 e. The van der Waals surface area contributed by atoms with Crippen molar-refractivity contribution < 1.29 is 18.8 Å². The second-order valence-electron chi connectivity index (χ2n) is 6.60. The third kappa shape index (κ3) is 2.76. The minimum absolute atomic E-state index is 0.194. The van der Waals surface area contributed by atoms with Gasteiger partial charge in [-0.1, -0.05) is 0 Å². The van der Waals surface area contributed by atoms with E-state index in [1.54, 1.807) is 6.07 Å². The Kier molecular flexibility index (Phi) is 3.91. The van der Waals surface area contributed by atoms with Gasteiger partial charge in [-0.15, -0.1) is 0 Å². The lowest BCUT2D eigenvalue weighted by Gasteiger charge is -2.30. The quantitative estimate of drug-likeness (QED) is 0.737. The van der Waals surface area contributed by atoms with Crippen LogP contribution in [0.2, 0.25) is 0 Å². The van der Waals surface area contributed by atoms with Crippen molar-refractivity contribution in [3.05, 3.63) is 29.1 Å². The Hall–Kier alpha value is -2.48. The number of hydrogen-bond acceptors (Lipinski definition) is 5. The van der Waals surface area contributed by atoms with Crippen molar-refractivity contribution in [3.8, 4) is 0 Å². The van der Waals surface area contributed by atoms with Gasteiger partial charge in [-0.2, -0.15) is 0 Å². The highest BCUT2D eigenvalue weighted by Crippen LogP contribution is 2.32. The summed E-state index contributed by atoms with van der Waals surface area (Å²) in [6.07, 6.45) is 0.508. The third-order valence-corrected chi connectivity index (χ3v) is 5.05. The number of fused-ring (bicyclic) bond motifs is 1. The molecular weight excluding hydrogens is 327 g/mol. The van der Waals surface area contributed by atoms with Crippen LogP contribution in [0.1, 0.15) is 28.8 Å². The topological polar surface area (TPSA) is 81.8 Å². The van der Waals surface area contributed by atoms with Gasteiger partial charge in [0.05, 0.1) is 5.69 Å². The number of carbonyl (C=O) groups is 3. The molecule has 25 heavy (non-hydrogen) atoms. The summed E-state index contributed by atoms with van der Waals surface area (Å²) in [5, 5.41) is 5.48. The zero-order valence-corrected chi connectivity index (χ0v) is 13.7. The van der Waals surface area contributed by atoms with Gasteiger partial charge >= 0.3 is 0 Å². The summed E-state index contributed by atoms with van der Waals surface area (Å²) in [5.41, 5.74) is 1.46. The molecule has 3 aliphatic rings. The molecule has 4 rings (SSSR count). The Bertz CT molecular complexity index is 761. The van der Waals surface area contributed by atoms with Gasteiger partial charge in [0.2, 0.25) is 11.8 Å². The van der Waals surface area contributed by atoms with Crippen LogP contribution in [0.5, 0.6) is 0 Å². The van der Waals surface area contributed by atoms with Crippen molar-refractivity contribution in [3.63, 3.8) is 0 Å². The highest BCUT2D eigenvalue weighted by atomic mass is 19.1. The minimum atomic E-state index is -0.678. The van der Waals surface area contributed by atoms with E-state index in [1.165, 1.54) is 11.0 Å². The summed E-state index contributed by atoms with van der Waals surface area (Å²) < 4.78 is 14.5. The molecule has 2 saturated heterocycles. The maximum atomic E-state index is 14.5. The number of rotatable bonds is 2. The average Bonchev–Trinajstić information content (AvgIpc) is 2.91. The molecule has 8 heteroatoms. The third-order valence-electron chi connectivity index (χ3n) is 5.05. The van der Waals surface area contributed by atoms with E-state index in [4.69, 9.17) is 0 Å². The van der Waals surface area contributed by atoms with Gasteiger partial charge in [-0.05, 0) is 24.1 Å². The summed E-state index contributed by atoms with van der Waals surface area (Å²) in [4.78, 5) is 39.5. The molecule has 0 saturated carbocycles. The van der Waals surface area contributed by atoms with Crippen LogP contribution in [-0.2, 0) is 16.1 Å². The molecule has 0 radical (unpaired) electrons. The van der Waals surface area contributed by atoms with Gasteiger partial charge in [0.1, 0.15) is 11.9 Å². The van der Waals surface area contributed by atoms with Crippen molar-refractivity contribution >= 4 is 23.4 Å². The fraction of sp³-hybridized carbons (Fsp3) is 0.471. The van der Waals surface area contributed by atoms with E-state index in [0.717, 1.165) is 13.1 Å². The van der Waals surface area contributed by atoms with E-state index in [-0.39, 0.29) is 30.6 Å². The van der Waals surface area contributed by atoms with Crippen LogP contribution in [0.4, 0.5) is 10.1 Å². The number of imide groups is 1. The average molecular weight is 346 g/mol. The first kappa shape index (κ1) is 16.0. The molecule has 2 N–H and O–H groups in total. The van der Waals surface area contributed by atoms with Crippen molar-refractivity contribution in [1.82, 2.24) is 15.5 Å². The van der Waals surface area contributed by atoms with Crippen LogP contribution in [0, 0.1) is 5.82 Å². The molecule has 1 atom stereocenters. The van der Waals surface area contributed by atoms with E-state index in [2.05, 4.69) is 10.6 Å². The van der Waals surface area contributed by atoms with Crippen molar-refractivity contribution in [2.24, 2.45) is 0 Å². The highest BCUT2D eigenvalue weighted by molar-refractivity contribution is 6.05. The van der Waals surface area contributed by atoms with Crippen LogP contribution in [-0.4, -0.2) is 54.8 Å². The van der Waals surface area contributed by atoms with Crippen LogP contribution in [0.3, 0.4) is 0 Å². The van der Waals surface area contributed by atoms with Gasteiger partial charge in [-0.25, -0.2) is 4.39 Å². The van der Waals surface area contributed by atoms with Crippen molar-refractivity contribution in [2.45, 2.75) is 25.4 Å². The normalized spacial score (nSPS) is 23.7. The molecule has 1 unspecified atom stereocenters. The number of carbonyl (C=O) groups excluding carboxylic acids is 3. The summed E-state index contributed by atoms with van der Waals surface area (Å²) >= 11 is 0. The summed E-state index contributed by atoms with van der Waals surface area (Å²) in [6.45, 7) is 3.10. The Morgan fingerprint density at radius 1 is 1.12 bits per heavy atom. The van der Waals surface area contributed by atoms with Crippen LogP contribution < -0.4 is 15.5 Å². The highest BCUT2D eigenvalue weighted by Gasteiger charge is 2.39. The SMILES string of the molecule is O=C1CCC(N2Cc3cc(F)c(N4CCNCC4)cc3C2=O)C(=O)N1. The second-order valence-corrected chi connectivity index (χ2v) is 6.60. The molecule has 3 amide bonds. The molecule has 2 fully saturated rings. The Balaban J connectivity index is 1.61. The molecule has 1 aromatic carbocycles. The standard InChI is InChI=1S/C17H19FN4O3/c18-12-7-10-9-22(13-1-2-15(23)20-16(13)24)17(25)11(10)8-14(12)21-5-3-19-4-6-21/h7-8,13,19H,1-6,9H2,(H,20,23,24). The Labute approximate surface area is 144 Å². The molecular formula is C17H19FN4O3. The van der Waals surface area contributed by atoms with E-state index >= 15 is 0 Å². The fourth-order valence-electron chi connectivity index (χ4n) is 3.72. The molecule has 0 aromatic heterocycles. The first-order chi connectivity index (χ1) is 12.0. The largest absolute Gasteiger partial charge is 0.367 e. The monoisotopic (exact) mass is 346 g/mol. The van der Waals surface area contributed by atoms with Crippen LogP contribution in [0.25, 0.3) is 0 Å². The molecule has 3 heterocycles. The number of hydrogen-bond donors (Lipinski definition) is 2. The Morgan fingerprint density at radius 2 is 1.88 bits per heavy atom. The molecule has 1 aromatic rings. The van der Waals surface area contributed by atoms with Crippen molar-refractivity contribution in [1.29, 1.82) is 0 Å². The van der Waals surface area contributed by atoms with Gasteiger partial charge in [0, 0.05) is 44.7 Å². The van der Waals surface area contributed by atoms with Crippen LogP contribution >= 0.6 is 0 Å². The summed E-state index contributed by atoms with van der Waals surface area (Å²) in [7, 11) is 0. The first-order valence-corrected chi connectivity index (χ1v) is 8.47. The van der Waals surface area contributed by atoms with E-state index in [9.17, 15) is 18.8 Å². The molecule has 0 spiro atoms. The zero-order valence-electron chi connectivity index (χ0n) is 13.7. The minimum Gasteiger partial charge on any atom is -0.367 e. The Morgan fingerprint density at radius 3 is 2.60 bits per heavy atom. The number of nitrogens with one attached hydrogen (secondary N) is 2. The van der Waals surface area contributed by atoms with E-state index in [1.807, 2.05) is 4.90 Å². The van der Waals surface area contributed by atoms with Gasteiger partial charge in [0.15, 0.2) is 0 Å². The number of halogens is 1. The fourth-order valence-corrected chi connectivity index (χ4v) is 3.72. The molecule has 0 aliphatic carbocycles. The van der Waals surface area contributed by atoms with Gasteiger partial charge in [0.25, 0.3) is 5.91 Å². The molecule has 3 aliphatic heterocycles. The summed E-state index contributed by atoms with van der Waals surface area (Å²) in [6, 6.07) is 2.32. The van der Waals surface area contributed by atoms with E-state index < -0.39 is 11.9 Å². The number of piperazine rings is 1. The van der Waals surface area contributed by atoms with Crippen molar-refractivity contribution in [2.75, 3.05) is 31.1 Å². The maximum absolute atomic E-state index is 14.5. The number of amides is 3. The number of piperidine rings is 1. The van der Waals surface area contributed by atoms with Crippen LogP contribution in [0.15, 0.2) is 12.1 Å². The molecule has 0 bridgehead atoms. The predicted molar refractivity (Wildman–Crippen MR) is 87.5 cm³/mol. The zero-order chi connectivity index (χ0) is 17.6. The number of benzene rings is 1. The van der Waals surface area contributed by atoms with Gasteiger partial charge < -0.3 is 15.1 Å². The predicted octanol–water partition coefficient (Wildman–Crippen LogP) is -0.00370. The van der Waals surface area contributed by atoms with Gasteiger partial charge in [-0.3, -0.25) is 19.7 Å². The smallest absolute Gasteiger partial charge is 0.255 e. The first-order valence-electron chi connectivity index (χ1n) is 8.47. The number of anilines is 1. The summed E-state index contributed by atoms with van der Waals surface area (Å²) in [5.74, 6) is -1.41. The number of nitrogens with zero attached hydrogens (tertiary/aromatic N) is 2.